The lowest BCUT2D eigenvalue weighted by Gasteiger charge is -2.08. The number of hydrogen-bond donors (Lipinski definition) is 1. The molecule has 0 aliphatic rings. The topological polar surface area (TPSA) is 54.6 Å². The van der Waals surface area contributed by atoms with Crippen LogP contribution in [0.1, 0.15) is 18.4 Å². The van der Waals surface area contributed by atoms with Crippen molar-refractivity contribution >= 4 is 23.0 Å². The van der Waals surface area contributed by atoms with Crippen molar-refractivity contribution in [3.05, 3.63) is 46.0 Å². The summed E-state index contributed by atoms with van der Waals surface area (Å²) in [5.74, 6) is -2.46. The molecule has 0 saturated heterocycles. The molecule has 100 valence electrons. The molecule has 1 N–H and O–H groups in total. The average molecular weight is 280 g/mol. The molecule has 1 unspecified atom stereocenters. The second-order valence-electron chi connectivity index (χ2n) is 4.17. The third kappa shape index (κ3) is 2.90. The number of carboxylic acid groups (broad SMARTS) is 1. The van der Waals surface area contributed by atoms with E-state index >= 15 is 0 Å². The minimum Gasteiger partial charge on any atom is -0.481 e. The van der Waals surface area contributed by atoms with Crippen molar-refractivity contribution < 1.29 is 14.3 Å². The van der Waals surface area contributed by atoms with Gasteiger partial charge in [0.2, 0.25) is 0 Å². The summed E-state index contributed by atoms with van der Waals surface area (Å²) in [6, 6.07) is 4.35. The summed E-state index contributed by atoms with van der Waals surface area (Å²) < 4.78 is 15.7. The van der Waals surface area contributed by atoms with Gasteiger partial charge < -0.3 is 9.67 Å². The van der Waals surface area contributed by atoms with Crippen molar-refractivity contribution in [1.29, 1.82) is 0 Å². The van der Waals surface area contributed by atoms with Gasteiger partial charge in [-0.25, -0.2) is 9.38 Å². The molecule has 0 spiro atoms. The van der Waals surface area contributed by atoms with Gasteiger partial charge in [-0.1, -0.05) is 6.07 Å². The van der Waals surface area contributed by atoms with Gasteiger partial charge in [-0.2, -0.15) is 0 Å². The summed E-state index contributed by atoms with van der Waals surface area (Å²) in [6.45, 7) is 1.46. The predicted molar refractivity (Wildman–Crippen MR) is 71.0 cm³/mol. The fourth-order valence-electron chi connectivity index (χ4n) is 1.61. The fraction of sp³-hybridized carbons (Fsp3) is 0.231. The SMILES string of the molecule is CC(C(=O)O)c1ccc(N=c2sccn2C)cc1F. The number of thiazole rings is 1. The van der Waals surface area contributed by atoms with E-state index in [1.54, 1.807) is 6.07 Å². The quantitative estimate of drug-likeness (QED) is 0.939. The van der Waals surface area contributed by atoms with Crippen molar-refractivity contribution in [3.63, 3.8) is 0 Å². The molecule has 2 aromatic rings. The highest BCUT2D eigenvalue weighted by molar-refractivity contribution is 7.07. The Morgan fingerprint density at radius 3 is 2.79 bits per heavy atom. The fourth-order valence-corrected chi connectivity index (χ4v) is 2.37. The minimum absolute atomic E-state index is 0.169. The van der Waals surface area contributed by atoms with Gasteiger partial charge >= 0.3 is 5.97 Å². The molecule has 2 rings (SSSR count). The Labute approximate surface area is 113 Å². The summed E-state index contributed by atoms with van der Waals surface area (Å²) in [7, 11) is 1.85. The Morgan fingerprint density at radius 1 is 1.53 bits per heavy atom. The van der Waals surface area contributed by atoms with Gasteiger partial charge in [-0.05, 0) is 19.1 Å². The van der Waals surface area contributed by atoms with Crippen LogP contribution in [-0.2, 0) is 11.8 Å². The largest absolute Gasteiger partial charge is 0.481 e. The molecule has 0 fully saturated rings. The maximum absolute atomic E-state index is 13.9. The Bertz CT molecular complexity index is 675. The molecule has 6 heteroatoms. The number of benzene rings is 1. The normalized spacial score (nSPS) is 13.5. The number of carboxylic acids is 1. The molecule has 1 aromatic heterocycles. The van der Waals surface area contributed by atoms with Gasteiger partial charge in [0.1, 0.15) is 5.82 Å². The molecule has 0 bridgehead atoms. The predicted octanol–water partition coefficient (Wildman–Crippen LogP) is 2.65. The molecule has 0 saturated carbocycles. The Kier molecular flexibility index (Phi) is 3.80. The summed E-state index contributed by atoms with van der Waals surface area (Å²) >= 11 is 1.45. The number of aliphatic carboxylic acids is 1. The van der Waals surface area contributed by atoms with Gasteiger partial charge in [-0.3, -0.25) is 4.79 Å². The maximum Gasteiger partial charge on any atom is 0.310 e. The minimum atomic E-state index is -1.05. The number of rotatable bonds is 3. The summed E-state index contributed by atoms with van der Waals surface area (Å²) in [6.07, 6.45) is 1.86. The maximum atomic E-state index is 13.9. The summed E-state index contributed by atoms with van der Waals surface area (Å²) in [5, 5.41) is 10.8. The van der Waals surface area contributed by atoms with Crippen LogP contribution in [0.4, 0.5) is 10.1 Å². The highest BCUT2D eigenvalue weighted by Crippen LogP contribution is 2.23. The molecule has 19 heavy (non-hydrogen) atoms. The van der Waals surface area contributed by atoms with Crippen LogP contribution < -0.4 is 4.80 Å². The van der Waals surface area contributed by atoms with Gasteiger partial charge in [0.15, 0.2) is 4.80 Å². The molecule has 4 nitrogen and oxygen atoms in total. The smallest absolute Gasteiger partial charge is 0.310 e. The van der Waals surface area contributed by atoms with E-state index in [0.717, 1.165) is 4.80 Å². The number of halogens is 1. The average Bonchev–Trinajstić information content (AvgIpc) is 2.74. The van der Waals surface area contributed by atoms with Crippen LogP contribution >= 0.6 is 11.3 Å². The van der Waals surface area contributed by atoms with Crippen LogP contribution in [0, 0.1) is 5.82 Å². The van der Waals surface area contributed by atoms with Crippen molar-refractivity contribution in [2.24, 2.45) is 12.0 Å². The first kappa shape index (κ1) is 13.5. The monoisotopic (exact) mass is 280 g/mol. The lowest BCUT2D eigenvalue weighted by Crippen LogP contribution is -2.10. The van der Waals surface area contributed by atoms with Gasteiger partial charge in [0, 0.05) is 24.2 Å². The lowest BCUT2D eigenvalue weighted by molar-refractivity contribution is -0.138. The highest BCUT2D eigenvalue weighted by Gasteiger charge is 2.17. The number of aromatic nitrogens is 1. The van der Waals surface area contributed by atoms with Crippen molar-refractivity contribution in [2.45, 2.75) is 12.8 Å². The first-order valence-electron chi connectivity index (χ1n) is 5.66. The van der Waals surface area contributed by atoms with E-state index in [1.165, 1.54) is 30.4 Å². The zero-order valence-electron chi connectivity index (χ0n) is 10.5. The molecule has 0 amide bonds. The number of aryl methyl sites for hydroxylation is 1. The van der Waals surface area contributed by atoms with E-state index in [1.807, 2.05) is 23.2 Å². The molecule has 0 aliphatic carbocycles. The van der Waals surface area contributed by atoms with E-state index < -0.39 is 17.7 Å². The second-order valence-corrected chi connectivity index (χ2v) is 5.05. The Hall–Kier alpha value is -1.95. The van der Waals surface area contributed by atoms with Crippen LogP contribution in [-0.4, -0.2) is 15.6 Å². The number of nitrogens with zero attached hydrogens (tertiary/aromatic N) is 2. The number of carbonyl (C=O) groups is 1. The number of hydrogen-bond acceptors (Lipinski definition) is 3. The Balaban J connectivity index is 2.40. The zero-order chi connectivity index (χ0) is 14.0. The molecular weight excluding hydrogens is 267 g/mol. The first-order valence-corrected chi connectivity index (χ1v) is 6.54. The van der Waals surface area contributed by atoms with Crippen LogP contribution in [0.2, 0.25) is 0 Å². The first-order chi connectivity index (χ1) is 8.99. The third-order valence-corrected chi connectivity index (χ3v) is 3.65. The van der Waals surface area contributed by atoms with E-state index in [4.69, 9.17) is 5.11 Å². The highest BCUT2D eigenvalue weighted by atomic mass is 32.1. The van der Waals surface area contributed by atoms with Gasteiger partial charge in [0.05, 0.1) is 11.6 Å². The van der Waals surface area contributed by atoms with Crippen LogP contribution in [0.25, 0.3) is 0 Å². The van der Waals surface area contributed by atoms with Crippen molar-refractivity contribution in [1.82, 2.24) is 4.57 Å². The van der Waals surface area contributed by atoms with Gasteiger partial charge in [0.25, 0.3) is 0 Å². The standard InChI is InChI=1S/C13H13FN2O2S/c1-8(12(17)18)10-4-3-9(7-11(10)14)15-13-16(2)5-6-19-13/h3-8H,1-2H3,(H,17,18). The molecule has 0 radical (unpaired) electrons. The summed E-state index contributed by atoms with van der Waals surface area (Å²) in [5.41, 5.74) is 0.638. The molecular formula is C13H13FN2O2S. The van der Waals surface area contributed by atoms with Gasteiger partial charge in [-0.15, -0.1) is 11.3 Å². The zero-order valence-corrected chi connectivity index (χ0v) is 11.3. The van der Waals surface area contributed by atoms with Crippen LogP contribution in [0.15, 0.2) is 34.8 Å². The molecule has 1 aromatic carbocycles. The van der Waals surface area contributed by atoms with Crippen molar-refractivity contribution in [2.75, 3.05) is 0 Å². The Morgan fingerprint density at radius 2 is 2.26 bits per heavy atom. The lowest BCUT2D eigenvalue weighted by atomic mass is 10.0. The van der Waals surface area contributed by atoms with Crippen LogP contribution in [0.3, 0.4) is 0 Å². The van der Waals surface area contributed by atoms with E-state index in [-0.39, 0.29) is 5.56 Å². The molecule has 0 aliphatic heterocycles. The summed E-state index contributed by atoms with van der Waals surface area (Å²) in [4.78, 5) is 15.9. The third-order valence-electron chi connectivity index (χ3n) is 2.81. The van der Waals surface area contributed by atoms with E-state index in [9.17, 15) is 9.18 Å². The van der Waals surface area contributed by atoms with Crippen molar-refractivity contribution in [3.8, 4) is 0 Å². The second kappa shape index (κ2) is 5.36. The molecule has 1 atom stereocenters. The van der Waals surface area contributed by atoms with Crippen LogP contribution in [0.5, 0.6) is 0 Å². The molecule has 1 heterocycles. The van der Waals surface area contributed by atoms with E-state index in [2.05, 4.69) is 4.99 Å². The van der Waals surface area contributed by atoms with E-state index in [0.29, 0.717) is 5.69 Å².